The van der Waals surface area contributed by atoms with Gasteiger partial charge in [0.05, 0.1) is 24.9 Å². The number of Topliss-reactive ketones (excluding diaryl/α,β-unsaturated/α-hetero) is 1. The van der Waals surface area contributed by atoms with Gasteiger partial charge < -0.3 is 22.8 Å². The third kappa shape index (κ3) is 17.1. The van der Waals surface area contributed by atoms with Crippen molar-refractivity contribution in [1.29, 1.82) is 0 Å². The SMILES string of the molecule is CC(C)(C)[Si](C)(C)OCC(CC(CC(=O)CC(O)CC(C#C[Si](C)(C)C)O[Si](C)(C)C(C)(C)C)O[Si](C)(C)C(C)(C)C)O[Si](C)(C)C(C)(C)C. The second-order valence-electron chi connectivity index (χ2n) is 22.0. The molecular weight excluding hydrogens is 705 g/mol. The smallest absolute Gasteiger partial charge is 0.193 e. The van der Waals surface area contributed by atoms with Crippen molar-refractivity contribution in [2.45, 2.75) is 225 Å². The lowest BCUT2D eigenvalue weighted by Crippen LogP contribution is -2.50. The maximum absolute atomic E-state index is 13.9. The molecule has 1 N–H and O–H groups in total. The molecule has 4 atom stereocenters. The van der Waals surface area contributed by atoms with Gasteiger partial charge in [-0.3, -0.25) is 4.79 Å². The van der Waals surface area contributed by atoms with Crippen molar-refractivity contribution >= 4 is 47.1 Å². The first-order valence-electron chi connectivity index (χ1n) is 19.1. The largest absolute Gasteiger partial charge is 0.414 e. The van der Waals surface area contributed by atoms with Gasteiger partial charge in [0.1, 0.15) is 20.0 Å². The summed E-state index contributed by atoms with van der Waals surface area (Å²) in [7, 11) is -10.3. The summed E-state index contributed by atoms with van der Waals surface area (Å²) in [6.45, 7) is 52.1. The third-order valence-electron chi connectivity index (χ3n) is 11.8. The van der Waals surface area contributed by atoms with Crippen LogP contribution in [0.25, 0.3) is 0 Å². The predicted octanol–water partition coefficient (Wildman–Crippen LogP) is 11.6. The molecule has 0 bridgehead atoms. The summed E-state index contributed by atoms with van der Waals surface area (Å²) < 4.78 is 27.6. The van der Waals surface area contributed by atoms with Crippen molar-refractivity contribution in [3.05, 3.63) is 0 Å². The first-order chi connectivity index (χ1) is 21.7. The first-order valence-corrected chi connectivity index (χ1v) is 34.3. The highest BCUT2D eigenvalue weighted by atomic mass is 28.4. The highest BCUT2D eigenvalue weighted by molar-refractivity contribution is 6.84. The summed E-state index contributed by atoms with van der Waals surface area (Å²) in [5.41, 5.74) is 3.46. The molecule has 0 radical (unpaired) electrons. The number of aliphatic hydroxyl groups excluding tert-OH is 1. The van der Waals surface area contributed by atoms with E-state index in [2.05, 4.69) is 167 Å². The quantitative estimate of drug-likeness (QED) is 0.117. The molecule has 0 rings (SSSR count). The van der Waals surface area contributed by atoms with E-state index in [0.29, 0.717) is 19.4 Å². The summed E-state index contributed by atoms with van der Waals surface area (Å²) in [6.07, 6.45) is -0.596. The molecule has 0 aromatic carbocycles. The second kappa shape index (κ2) is 17.7. The van der Waals surface area contributed by atoms with E-state index in [0.717, 1.165) is 0 Å². The molecule has 0 aromatic rings. The van der Waals surface area contributed by atoms with Crippen LogP contribution in [0.15, 0.2) is 0 Å². The summed E-state index contributed by atoms with van der Waals surface area (Å²) in [4.78, 5) is 13.9. The van der Waals surface area contributed by atoms with Crippen LogP contribution in [0.5, 0.6) is 0 Å². The first kappa shape index (κ1) is 50.1. The Bertz CT molecular complexity index is 1140. The standard InChI is InChI=1S/C39H84O6Si5/c1-36(2,3)47(16,17)42-30-35(45-50(22,23)39(10,11)12)29-34(44-49(20,21)38(7,8)9)28-32(41)26-31(40)27-33(24-25-46(13,14)15)43-48(18,19)37(4,5)6/h31,33-35,40H,26-30H2,1-23H3. The number of carbonyl (C=O) groups excluding carboxylic acids is 1. The number of rotatable bonds is 17. The Morgan fingerprint density at radius 3 is 1.32 bits per heavy atom. The van der Waals surface area contributed by atoms with E-state index in [1.807, 2.05) is 0 Å². The zero-order chi connectivity index (χ0) is 40.2. The molecule has 0 saturated heterocycles. The van der Waals surface area contributed by atoms with Gasteiger partial charge in [0, 0.05) is 19.3 Å². The van der Waals surface area contributed by atoms with Gasteiger partial charge in [-0.2, -0.15) is 0 Å². The monoisotopic (exact) mass is 789 g/mol. The van der Waals surface area contributed by atoms with Gasteiger partial charge in [0.25, 0.3) is 0 Å². The summed E-state index contributed by atoms with van der Waals surface area (Å²) in [5, 5.41) is 11.4. The maximum Gasteiger partial charge on any atom is 0.193 e. The average molecular weight is 790 g/mol. The molecule has 0 heterocycles. The Kier molecular flexibility index (Phi) is 17.8. The minimum absolute atomic E-state index is 0.00170. The van der Waals surface area contributed by atoms with Crippen LogP contribution in [-0.2, 0) is 22.5 Å². The highest BCUT2D eigenvalue weighted by Gasteiger charge is 2.44. The maximum atomic E-state index is 13.9. The number of aliphatic hydroxyl groups is 1. The van der Waals surface area contributed by atoms with Crippen LogP contribution in [0, 0.1) is 11.5 Å². The van der Waals surface area contributed by atoms with Gasteiger partial charge in [-0.15, -0.1) is 5.54 Å². The van der Waals surface area contributed by atoms with Gasteiger partial charge in [-0.05, 0) is 78.9 Å². The number of ketones is 1. The third-order valence-corrected chi connectivity index (χ3v) is 30.7. The molecule has 0 spiro atoms. The van der Waals surface area contributed by atoms with Crippen LogP contribution in [0.1, 0.15) is 109 Å². The van der Waals surface area contributed by atoms with E-state index in [-0.39, 0.29) is 51.0 Å². The number of hydrogen-bond donors (Lipinski definition) is 1. The van der Waals surface area contributed by atoms with Crippen LogP contribution in [-0.4, -0.2) is 83.3 Å². The van der Waals surface area contributed by atoms with Crippen molar-refractivity contribution in [3.8, 4) is 11.5 Å². The minimum atomic E-state index is -2.25. The molecule has 0 saturated carbocycles. The molecule has 0 fully saturated rings. The minimum Gasteiger partial charge on any atom is -0.414 e. The van der Waals surface area contributed by atoms with E-state index in [1.165, 1.54) is 0 Å². The van der Waals surface area contributed by atoms with E-state index in [1.54, 1.807) is 0 Å². The van der Waals surface area contributed by atoms with Crippen molar-refractivity contribution in [2.24, 2.45) is 0 Å². The lowest BCUT2D eigenvalue weighted by atomic mass is 10.0. The Morgan fingerprint density at radius 1 is 0.560 bits per heavy atom. The van der Waals surface area contributed by atoms with Crippen LogP contribution in [0.4, 0.5) is 0 Å². The van der Waals surface area contributed by atoms with E-state index < -0.39 is 53.6 Å². The zero-order valence-electron chi connectivity index (χ0n) is 37.3. The fourth-order valence-electron chi connectivity index (χ4n) is 4.22. The molecule has 0 aromatic heterocycles. The lowest BCUT2D eigenvalue weighted by Gasteiger charge is -2.44. The molecule has 50 heavy (non-hydrogen) atoms. The summed E-state index contributed by atoms with van der Waals surface area (Å²) in [5.74, 6) is 3.39. The Labute approximate surface area is 316 Å². The van der Waals surface area contributed by atoms with Gasteiger partial charge in [-0.1, -0.05) is 109 Å². The fourth-order valence-corrected chi connectivity index (χ4v) is 9.78. The zero-order valence-corrected chi connectivity index (χ0v) is 42.3. The topological polar surface area (TPSA) is 74.2 Å². The molecule has 4 unspecified atom stereocenters. The van der Waals surface area contributed by atoms with Gasteiger partial charge in [-0.25, -0.2) is 0 Å². The molecule has 6 nitrogen and oxygen atoms in total. The van der Waals surface area contributed by atoms with Crippen molar-refractivity contribution in [2.75, 3.05) is 6.61 Å². The number of hydrogen-bond acceptors (Lipinski definition) is 6. The summed E-state index contributed by atoms with van der Waals surface area (Å²) >= 11 is 0. The summed E-state index contributed by atoms with van der Waals surface area (Å²) in [6, 6.07) is 0. The predicted molar refractivity (Wildman–Crippen MR) is 230 cm³/mol. The second-order valence-corrected chi connectivity index (χ2v) is 45.9. The van der Waals surface area contributed by atoms with E-state index in [9.17, 15) is 9.90 Å². The molecule has 0 aliphatic heterocycles. The highest BCUT2D eigenvalue weighted by Crippen LogP contribution is 2.42. The molecule has 0 amide bonds. The van der Waals surface area contributed by atoms with Crippen LogP contribution < -0.4 is 0 Å². The molecule has 0 aliphatic carbocycles. The molecule has 0 aliphatic rings. The van der Waals surface area contributed by atoms with Crippen LogP contribution >= 0.6 is 0 Å². The van der Waals surface area contributed by atoms with Crippen molar-refractivity contribution in [1.82, 2.24) is 0 Å². The molecule has 296 valence electrons. The van der Waals surface area contributed by atoms with Crippen molar-refractivity contribution in [3.63, 3.8) is 0 Å². The van der Waals surface area contributed by atoms with Crippen LogP contribution in [0.3, 0.4) is 0 Å². The Morgan fingerprint density at radius 2 is 0.940 bits per heavy atom. The van der Waals surface area contributed by atoms with E-state index >= 15 is 0 Å². The van der Waals surface area contributed by atoms with Crippen molar-refractivity contribution < 1.29 is 27.6 Å². The average Bonchev–Trinajstić information content (AvgIpc) is 2.81. The van der Waals surface area contributed by atoms with E-state index in [4.69, 9.17) is 17.7 Å². The molecular formula is C39H84O6Si5. The fraction of sp³-hybridized carbons (Fsp3) is 0.923. The van der Waals surface area contributed by atoms with Gasteiger partial charge in [0.2, 0.25) is 0 Å². The Balaban J connectivity index is 6.45. The Hall–Kier alpha value is 0.114. The van der Waals surface area contributed by atoms with Gasteiger partial charge >= 0.3 is 0 Å². The van der Waals surface area contributed by atoms with Gasteiger partial charge in [0.15, 0.2) is 33.3 Å². The molecule has 11 heteroatoms. The lowest BCUT2D eigenvalue weighted by molar-refractivity contribution is -0.123. The number of carbonyl (C=O) groups is 1. The van der Waals surface area contributed by atoms with Crippen LogP contribution in [0.2, 0.25) is 92.2 Å². The normalized spacial score (nSPS) is 17.1.